The van der Waals surface area contributed by atoms with Crippen LogP contribution in [0.4, 0.5) is 4.79 Å². The molecule has 0 heterocycles. The van der Waals surface area contributed by atoms with Crippen molar-refractivity contribution in [2.75, 3.05) is 20.1 Å². The molecule has 1 atom stereocenters. The Morgan fingerprint density at radius 2 is 2.04 bits per heavy atom. The zero-order chi connectivity index (χ0) is 16.9. The maximum Gasteiger partial charge on any atom is 0.410 e. The summed E-state index contributed by atoms with van der Waals surface area (Å²) in [7, 11) is 1.79. The van der Waals surface area contributed by atoms with Crippen molar-refractivity contribution < 1.29 is 9.53 Å². The molecule has 0 saturated carbocycles. The predicted octanol–water partition coefficient (Wildman–Crippen LogP) is 3.91. The number of carbonyl (C=O) groups excluding carboxylic acids is 1. The van der Waals surface area contributed by atoms with Gasteiger partial charge in [0.2, 0.25) is 0 Å². The molecule has 1 N–H and O–H groups in total. The van der Waals surface area contributed by atoms with Crippen molar-refractivity contribution in [3.8, 4) is 0 Å². The largest absolute Gasteiger partial charge is 0.444 e. The lowest BCUT2D eigenvalue weighted by Crippen LogP contribution is -2.38. The van der Waals surface area contributed by atoms with Crippen molar-refractivity contribution in [1.29, 1.82) is 0 Å². The molecule has 1 unspecified atom stereocenters. The van der Waals surface area contributed by atoms with Crippen LogP contribution in [0.5, 0.6) is 0 Å². The van der Waals surface area contributed by atoms with Crippen LogP contribution in [0.2, 0.25) is 0 Å². The van der Waals surface area contributed by atoms with Crippen LogP contribution in [0.3, 0.4) is 0 Å². The highest BCUT2D eigenvalue weighted by molar-refractivity contribution is 5.67. The van der Waals surface area contributed by atoms with Crippen LogP contribution in [-0.4, -0.2) is 36.7 Å². The number of benzene rings is 1. The number of amides is 1. The summed E-state index contributed by atoms with van der Waals surface area (Å²) in [4.78, 5) is 13.6. The molecule has 0 spiro atoms. The summed E-state index contributed by atoms with van der Waals surface area (Å²) < 4.78 is 5.38. The van der Waals surface area contributed by atoms with Gasteiger partial charge in [-0.1, -0.05) is 30.7 Å². The second-order valence-corrected chi connectivity index (χ2v) is 7.35. The van der Waals surface area contributed by atoms with E-state index in [1.807, 2.05) is 20.8 Å². The fourth-order valence-electron chi connectivity index (χ4n) is 2.97. The molecule has 0 saturated heterocycles. The number of nitrogens with one attached hydrogen (secondary N) is 1. The first-order valence-corrected chi connectivity index (χ1v) is 8.62. The van der Waals surface area contributed by atoms with E-state index in [9.17, 15) is 4.79 Å². The quantitative estimate of drug-likeness (QED) is 0.856. The van der Waals surface area contributed by atoms with E-state index in [1.54, 1.807) is 11.9 Å². The van der Waals surface area contributed by atoms with Gasteiger partial charge in [0.25, 0.3) is 0 Å². The molecule has 0 bridgehead atoms. The molecule has 23 heavy (non-hydrogen) atoms. The van der Waals surface area contributed by atoms with Crippen LogP contribution >= 0.6 is 0 Å². The Kier molecular flexibility index (Phi) is 6.05. The van der Waals surface area contributed by atoms with Gasteiger partial charge in [-0.05, 0) is 51.2 Å². The van der Waals surface area contributed by atoms with E-state index in [0.717, 1.165) is 13.0 Å². The van der Waals surface area contributed by atoms with Gasteiger partial charge in [-0.2, -0.15) is 0 Å². The highest BCUT2D eigenvalue weighted by atomic mass is 16.6. The van der Waals surface area contributed by atoms with Gasteiger partial charge in [0.15, 0.2) is 0 Å². The molecular formula is C19H30N2O2. The number of carbonyl (C=O) groups is 1. The van der Waals surface area contributed by atoms with Gasteiger partial charge in [0.05, 0.1) is 0 Å². The number of fused-ring (bicyclic) bond motifs is 1. The fraction of sp³-hybridized carbons (Fsp3) is 0.632. The zero-order valence-corrected chi connectivity index (χ0v) is 14.9. The number of ether oxygens (including phenoxy) is 1. The third-order valence-electron chi connectivity index (χ3n) is 4.16. The number of aryl methyl sites for hydroxylation is 1. The van der Waals surface area contributed by atoms with Gasteiger partial charge in [-0.25, -0.2) is 4.79 Å². The SMILES string of the molecule is CN(CCNC1CCCCc2ccccc21)C(=O)OC(C)(C)C. The van der Waals surface area contributed by atoms with Crippen molar-refractivity contribution in [2.45, 2.75) is 58.1 Å². The number of likely N-dealkylation sites (N-methyl/N-ethyl adjacent to an activating group) is 1. The van der Waals surface area contributed by atoms with Crippen molar-refractivity contribution in [3.05, 3.63) is 35.4 Å². The predicted molar refractivity (Wildman–Crippen MR) is 93.6 cm³/mol. The first-order valence-electron chi connectivity index (χ1n) is 8.62. The molecule has 1 aromatic carbocycles. The monoisotopic (exact) mass is 318 g/mol. The first kappa shape index (κ1) is 17.8. The summed E-state index contributed by atoms with van der Waals surface area (Å²) in [5.74, 6) is 0. The highest BCUT2D eigenvalue weighted by Gasteiger charge is 2.21. The molecular weight excluding hydrogens is 288 g/mol. The summed E-state index contributed by atoms with van der Waals surface area (Å²) in [5.41, 5.74) is 2.44. The van der Waals surface area contributed by atoms with E-state index >= 15 is 0 Å². The van der Waals surface area contributed by atoms with Gasteiger partial charge in [0.1, 0.15) is 5.60 Å². The first-order chi connectivity index (χ1) is 10.9. The normalized spacial score (nSPS) is 18.0. The second-order valence-electron chi connectivity index (χ2n) is 7.35. The smallest absolute Gasteiger partial charge is 0.410 e. The summed E-state index contributed by atoms with van der Waals surface area (Å²) in [5, 5.41) is 3.62. The van der Waals surface area contributed by atoms with Crippen LogP contribution in [-0.2, 0) is 11.2 Å². The van der Waals surface area contributed by atoms with E-state index in [4.69, 9.17) is 4.74 Å². The second kappa shape index (κ2) is 7.82. The Morgan fingerprint density at radius 1 is 1.30 bits per heavy atom. The molecule has 1 aliphatic carbocycles. The zero-order valence-electron chi connectivity index (χ0n) is 14.9. The lowest BCUT2D eigenvalue weighted by molar-refractivity contribution is 0.0299. The van der Waals surface area contributed by atoms with Gasteiger partial charge in [-0.15, -0.1) is 0 Å². The van der Waals surface area contributed by atoms with Gasteiger partial charge < -0.3 is 15.0 Å². The average molecular weight is 318 g/mol. The molecule has 4 nitrogen and oxygen atoms in total. The summed E-state index contributed by atoms with van der Waals surface area (Å²) >= 11 is 0. The lowest BCUT2D eigenvalue weighted by atomic mass is 9.99. The Labute approximate surface area is 140 Å². The van der Waals surface area contributed by atoms with Gasteiger partial charge in [-0.3, -0.25) is 0 Å². The van der Waals surface area contributed by atoms with Crippen LogP contribution in [0.25, 0.3) is 0 Å². The fourth-order valence-corrected chi connectivity index (χ4v) is 2.97. The van der Waals surface area contributed by atoms with E-state index in [0.29, 0.717) is 12.6 Å². The molecule has 1 aliphatic rings. The van der Waals surface area contributed by atoms with Crippen molar-refractivity contribution >= 4 is 6.09 Å². The Balaban J connectivity index is 1.85. The van der Waals surface area contributed by atoms with Gasteiger partial charge in [0, 0.05) is 26.2 Å². The highest BCUT2D eigenvalue weighted by Crippen LogP contribution is 2.28. The van der Waals surface area contributed by atoms with Crippen LogP contribution < -0.4 is 5.32 Å². The van der Waals surface area contributed by atoms with E-state index in [2.05, 4.69) is 29.6 Å². The molecule has 0 aromatic heterocycles. The molecule has 4 heteroatoms. The number of hydrogen-bond acceptors (Lipinski definition) is 3. The van der Waals surface area contributed by atoms with E-state index < -0.39 is 5.60 Å². The Morgan fingerprint density at radius 3 is 2.78 bits per heavy atom. The van der Waals surface area contributed by atoms with E-state index in [1.165, 1.54) is 30.4 Å². The summed E-state index contributed by atoms with van der Waals surface area (Å²) in [6, 6.07) is 9.10. The summed E-state index contributed by atoms with van der Waals surface area (Å²) in [6.07, 6.45) is 4.57. The molecule has 0 fully saturated rings. The van der Waals surface area contributed by atoms with Crippen molar-refractivity contribution in [2.24, 2.45) is 0 Å². The third kappa shape index (κ3) is 5.54. The molecule has 1 amide bonds. The number of hydrogen-bond donors (Lipinski definition) is 1. The summed E-state index contributed by atoms with van der Waals surface area (Å²) in [6.45, 7) is 7.08. The standard InChI is InChI=1S/C19H30N2O2/c1-19(2,3)23-18(22)21(4)14-13-20-17-12-8-6-10-15-9-5-7-11-16(15)17/h5,7,9,11,17,20H,6,8,10,12-14H2,1-4H3. The third-order valence-corrected chi connectivity index (χ3v) is 4.16. The lowest BCUT2D eigenvalue weighted by Gasteiger charge is -2.26. The Bertz CT molecular complexity index is 522. The van der Waals surface area contributed by atoms with Crippen molar-refractivity contribution in [1.82, 2.24) is 10.2 Å². The van der Waals surface area contributed by atoms with Crippen molar-refractivity contribution in [3.63, 3.8) is 0 Å². The minimum atomic E-state index is -0.445. The van der Waals surface area contributed by atoms with E-state index in [-0.39, 0.29) is 6.09 Å². The minimum absolute atomic E-state index is 0.263. The molecule has 0 aliphatic heterocycles. The van der Waals surface area contributed by atoms with Gasteiger partial charge >= 0.3 is 6.09 Å². The molecule has 0 radical (unpaired) electrons. The molecule has 128 valence electrons. The molecule has 1 aromatic rings. The van der Waals surface area contributed by atoms with Crippen LogP contribution in [0, 0.1) is 0 Å². The molecule has 2 rings (SSSR count). The maximum absolute atomic E-state index is 12.0. The minimum Gasteiger partial charge on any atom is -0.444 e. The van der Waals surface area contributed by atoms with Crippen LogP contribution in [0.1, 0.15) is 57.2 Å². The average Bonchev–Trinajstić information content (AvgIpc) is 2.68. The topological polar surface area (TPSA) is 41.6 Å². The Hall–Kier alpha value is -1.55. The van der Waals surface area contributed by atoms with Crippen LogP contribution in [0.15, 0.2) is 24.3 Å². The number of rotatable bonds is 4. The number of nitrogens with zero attached hydrogens (tertiary/aromatic N) is 1. The maximum atomic E-state index is 12.0.